The highest BCUT2D eigenvalue weighted by atomic mass is 14.1. The summed E-state index contributed by atoms with van der Waals surface area (Å²) in [5, 5.41) is 2.81. The normalized spacial score (nSPS) is 11.2. The van der Waals surface area contributed by atoms with Gasteiger partial charge < -0.3 is 0 Å². The van der Waals surface area contributed by atoms with Crippen LogP contribution in [0.4, 0.5) is 0 Å². The average Bonchev–Trinajstić information content (AvgIpc) is 2.55. The largest absolute Gasteiger partial charge is 0.0654 e. The number of aryl methyl sites for hydroxylation is 2. The van der Waals surface area contributed by atoms with E-state index in [-0.39, 0.29) is 0 Å². The number of fused-ring (bicyclic) bond motifs is 1. The van der Waals surface area contributed by atoms with Crippen molar-refractivity contribution in [3.05, 3.63) is 47.5 Å². The van der Waals surface area contributed by atoms with Gasteiger partial charge in [0.25, 0.3) is 0 Å². The Morgan fingerprint density at radius 3 is 1.68 bits per heavy atom. The van der Waals surface area contributed by atoms with E-state index in [1.54, 1.807) is 11.1 Å². The van der Waals surface area contributed by atoms with Gasteiger partial charge in [-0.25, -0.2) is 0 Å². The summed E-state index contributed by atoms with van der Waals surface area (Å²) in [6, 6.07) is 13.7. The molecule has 22 heavy (non-hydrogen) atoms. The van der Waals surface area contributed by atoms with E-state index in [4.69, 9.17) is 0 Å². The molecule has 0 unspecified atom stereocenters. The van der Waals surface area contributed by atoms with Crippen molar-refractivity contribution in [3.63, 3.8) is 0 Å². The zero-order valence-corrected chi connectivity index (χ0v) is 14.5. The predicted octanol–water partition coefficient (Wildman–Crippen LogP) is 7.09. The highest BCUT2D eigenvalue weighted by Gasteiger charge is 2.05. The van der Waals surface area contributed by atoms with Crippen LogP contribution < -0.4 is 0 Å². The molecule has 0 aliphatic rings. The molecule has 0 aromatic heterocycles. The summed E-state index contributed by atoms with van der Waals surface area (Å²) in [4.78, 5) is 0. The van der Waals surface area contributed by atoms with Crippen molar-refractivity contribution in [2.45, 2.75) is 78.1 Å². The van der Waals surface area contributed by atoms with E-state index in [0.717, 1.165) is 0 Å². The molecule has 0 aliphatic carbocycles. The molecule has 2 rings (SSSR count). The third-order valence-corrected chi connectivity index (χ3v) is 4.67. The fourth-order valence-corrected chi connectivity index (χ4v) is 3.26. The lowest BCUT2D eigenvalue weighted by Crippen LogP contribution is -1.96. The summed E-state index contributed by atoms with van der Waals surface area (Å²) >= 11 is 0. The summed E-state index contributed by atoms with van der Waals surface area (Å²) < 4.78 is 0. The van der Waals surface area contributed by atoms with Crippen molar-refractivity contribution in [1.29, 1.82) is 0 Å². The Balaban J connectivity index is 2.01. The van der Waals surface area contributed by atoms with Crippen molar-refractivity contribution >= 4 is 10.8 Å². The lowest BCUT2D eigenvalue weighted by atomic mass is 9.94. The Bertz CT molecular complexity index is 553. The van der Waals surface area contributed by atoms with Crippen molar-refractivity contribution < 1.29 is 0 Å². The molecule has 0 spiro atoms. The minimum atomic E-state index is 1.24. The van der Waals surface area contributed by atoms with Crippen LogP contribution in [-0.4, -0.2) is 0 Å². The van der Waals surface area contributed by atoms with Gasteiger partial charge in [-0.1, -0.05) is 88.8 Å². The van der Waals surface area contributed by atoms with Crippen molar-refractivity contribution in [2.75, 3.05) is 0 Å². The summed E-state index contributed by atoms with van der Waals surface area (Å²) in [6.07, 6.45) is 13.4. The molecule has 0 atom stereocenters. The Hall–Kier alpha value is -1.30. The first-order valence-electron chi connectivity index (χ1n) is 9.35. The molecule has 0 radical (unpaired) electrons. The van der Waals surface area contributed by atoms with Crippen LogP contribution >= 0.6 is 0 Å². The smallest absolute Gasteiger partial charge is 0.0181 e. The maximum atomic E-state index is 2.45. The maximum Gasteiger partial charge on any atom is -0.0181 e. The summed E-state index contributed by atoms with van der Waals surface area (Å²) in [6.45, 7) is 4.57. The summed E-state index contributed by atoms with van der Waals surface area (Å²) in [5.74, 6) is 0. The first-order valence-corrected chi connectivity index (χ1v) is 9.35. The Labute approximate surface area is 136 Å². The zero-order valence-electron chi connectivity index (χ0n) is 14.5. The molecule has 0 saturated heterocycles. The first kappa shape index (κ1) is 17.1. The van der Waals surface area contributed by atoms with Crippen LogP contribution in [0.1, 0.15) is 76.3 Å². The molecule has 0 heteroatoms. The molecule has 0 bridgehead atoms. The van der Waals surface area contributed by atoms with Gasteiger partial charge in [0.05, 0.1) is 0 Å². The fraction of sp³-hybridized carbons (Fsp3) is 0.545. The highest BCUT2D eigenvalue weighted by Crippen LogP contribution is 2.23. The SMILES string of the molecule is CCCCCCCCc1cc2ccccc2cc1CCCC. The van der Waals surface area contributed by atoms with Gasteiger partial charge in [0.2, 0.25) is 0 Å². The fourth-order valence-electron chi connectivity index (χ4n) is 3.26. The molecule has 0 aliphatic heterocycles. The molecule has 0 nitrogen and oxygen atoms in total. The third-order valence-electron chi connectivity index (χ3n) is 4.67. The summed E-state index contributed by atoms with van der Waals surface area (Å²) in [5.41, 5.74) is 3.19. The van der Waals surface area contributed by atoms with Gasteiger partial charge in [-0.3, -0.25) is 0 Å². The second-order valence-corrected chi connectivity index (χ2v) is 6.59. The standard InChI is InChI=1S/C22H32/c1-3-5-7-8-9-10-14-20-18-22-16-12-11-15-21(22)17-19(20)13-6-4-2/h11-12,15-18H,3-10,13-14H2,1-2H3. The van der Waals surface area contributed by atoms with E-state index >= 15 is 0 Å². The Morgan fingerprint density at radius 2 is 1.09 bits per heavy atom. The average molecular weight is 296 g/mol. The third kappa shape index (κ3) is 5.16. The quantitative estimate of drug-likeness (QED) is 0.411. The van der Waals surface area contributed by atoms with E-state index in [1.807, 2.05) is 0 Å². The monoisotopic (exact) mass is 296 g/mol. The Morgan fingerprint density at radius 1 is 0.591 bits per heavy atom. The van der Waals surface area contributed by atoms with Gasteiger partial charge in [0.1, 0.15) is 0 Å². The number of rotatable bonds is 10. The molecule has 0 heterocycles. The van der Waals surface area contributed by atoms with Crippen LogP contribution in [0, 0.1) is 0 Å². The summed E-state index contributed by atoms with van der Waals surface area (Å²) in [7, 11) is 0. The van der Waals surface area contributed by atoms with E-state index in [0.29, 0.717) is 0 Å². The molecular formula is C22H32. The Kier molecular flexibility index (Phi) is 7.49. The predicted molar refractivity (Wildman–Crippen MR) is 99.6 cm³/mol. The van der Waals surface area contributed by atoms with E-state index < -0.39 is 0 Å². The number of unbranched alkanes of at least 4 members (excludes halogenated alkanes) is 6. The molecule has 120 valence electrons. The zero-order chi connectivity index (χ0) is 15.6. The number of hydrogen-bond donors (Lipinski definition) is 0. The first-order chi connectivity index (χ1) is 10.8. The van der Waals surface area contributed by atoms with E-state index in [9.17, 15) is 0 Å². The van der Waals surface area contributed by atoms with Crippen molar-refractivity contribution in [1.82, 2.24) is 0 Å². The number of benzene rings is 2. The minimum Gasteiger partial charge on any atom is -0.0654 e. The van der Waals surface area contributed by atoms with E-state index in [2.05, 4.69) is 50.2 Å². The lowest BCUT2D eigenvalue weighted by Gasteiger charge is -2.12. The molecule has 0 fully saturated rings. The van der Waals surface area contributed by atoms with Crippen molar-refractivity contribution in [2.24, 2.45) is 0 Å². The molecule has 2 aromatic rings. The maximum absolute atomic E-state index is 2.45. The number of hydrogen-bond acceptors (Lipinski definition) is 0. The van der Waals surface area contributed by atoms with Crippen LogP contribution in [0.3, 0.4) is 0 Å². The molecule has 0 N–H and O–H groups in total. The minimum absolute atomic E-state index is 1.24. The second-order valence-electron chi connectivity index (χ2n) is 6.59. The highest BCUT2D eigenvalue weighted by molar-refractivity contribution is 5.84. The molecule has 0 amide bonds. The second kappa shape index (κ2) is 9.66. The topological polar surface area (TPSA) is 0 Å². The van der Waals surface area contributed by atoms with Gasteiger partial charge in [-0.05, 0) is 47.6 Å². The van der Waals surface area contributed by atoms with Gasteiger partial charge in [-0.15, -0.1) is 0 Å². The lowest BCUT2D eigenvalue weighted by molar-refractivity contribution is 0.606. The van der Waals surface area contributed by atoms with Gasteiger partial charge in [0.15, 0.2) is 0 Å². The van der Waals surface area contributed by atoms with Gasteiger partial charge in [0, 0.05) is 0 Å². The van der Waals surface area contributed by atoms with E-state index in [1.165, 1.54) is 75.0 Å². The molecular weight excluding hydrogens is 264 g/mol. The van der Waals surface area contributed by atoms with Crippen LogP contribution in [0.5, 0.6) is 0 Å². The van der Waals surface area contributed by atoms with Crippen molar-refractivity contribution in [3.8, 4) is 0 Å². The molecule has 0 saturated carbocycles. The van der Waals surface area contributed by atoms with Crippen LogP contribution in [0.2, 0.25) is 0 Å². The molecule has 2 aromatic carbocycles. The van der Waals surface area contributed by atoms with Gasteiger partial charge >= 0.3 is 0 Å². The van der Waals surface area contributed by atoms with Gasteiger partial charge in [-0.2, -0.15) is 0 Å². The van der Waals surface area contributed by atoms with Crippen LogP contribution in [0.15, 0.2) is 36.4 Å². The van der Waals surface area contributed by atoms with Crippen LogP contribution in [0.25, 0.3) is 10.8 Å². The van der Waals surface area contributed by atoms with Crippen LogP contribution in [-0.2, 0) is 12.8 Å².